The number of aryl methyl sites for hydroxylation is 1. The molecule has 122 valence electrons. The molecule has 0 amide bonds. The van der Waals surface area contributed by atoms with Crippen LogP contribution >= 0.6 is 0 Å². The molecule has 0 aliphatic rings. The third kappa shape index (κ3) is 2.50. The number of nitrogens with zero attached hydrogens (tertiary/aromatic N) is 5. The van der Waals surface area contributed by atoms with Gasteiger partial charge >= 0.3 is 0 Å². The van der Waals surface area contributed by atoms with Crippen molar-refractivity contribution in [3.05, 3.63) is 54.0 Å². The highest BCUT2D eigenvalue weighted by atomic mass is 16.3. The van der Waals surface area contributed by atoms with Crippen molar-refractivity contribution < 1.29 is 4.42 Å². The van der Waals surface area contributed by atoms with Gasteiger partial charge in [0, 0.05) is 28.8 Å². The summed E-state index contributed by atoms with van der Waals surface area (Å²) in [6.07, 6.45) is 5.82. The number of hydrogen-bond donors (Lipinski definition) is 0. The zero-order valence-corrected chi connectivity index (χ0v) is 14.0. The summed E-state index contributed by atoms with van der Waals surface area (Å²) < 4.78 is 9.70. The molecule has 0 atom stereocenters. The Morgan fingerprint density at radius 2 is 2.00 bits per heavy atom. The van der Waals surface area contributed by atoms with E-state index < -0.39 is 0 Å². The van der Waals surface area contributed by atoms with E-state index in [0.29, 0.717) is 12.6 Å². The van der Waals surface area contributed by atoms with Crippen molar-refractivity contribution in [2.24, 2.45) is 0 Å². The second-order valence-electron chi connectivity index (χ2n) is 6.28. The zero-order valence-electron chi connectivity index (χ0n) is 14.0. The van der Waals surface area contributed by atoms with Crippen LogP contribution in [0.4, 0.5) is 0 Å². The van der Waals surface area contributed by atoms with Crippen LogP contribution < -0.4 is 0 Å². The molecule has 4 aromatic rings. The summed E-state index contributed by atoms with van der Waals surface area (Å²) in [5, 5.41) is 14.0. The van der Waals surface area contributed by atoms with E-state index >= 15 is 0 Å². The minimum atomic E-state index is 0.350. The maximum Gasteiger partial charge on any atom is 0.160 e. The highest BCUT2D eigenvalue weighted by Gasteiger charge is 2.15. The average molecular weight is 321 g/mol. The number of benzene rings is 1. The van der Waals surface area contributed by atoms with Gasteiger partial charge in [0.05, 0.1) is 18.9 Å². The lowest BCUT2D eigenvalue weighted by molar-refractivity contribution is 0.531. The summed E-state index contributed by atoms with van der Waals surface area (Å²) >= 11 is 0. The van der Waals surface area contributed by atoms with E-state index in [2.05, 4.69) is 35.3 Å². The summed E-state index contributed by atoms with van der Waals surface area (Å²) in [6, 6.07) is 8.36. The molecule has 0 aliphatic carbocycles. The highest BCUT2D eigenvalue weighted by molar-refractivity contribution is 5.86. The molecule has 1 aromatic carbocycles. The molecule has 0 radical (unpaired) electrons. The van der Waals surface area contributed by atoms with Gasteiger partial charge in [0.25, 0.3) is 0 Å². The van der Waals surface area contributed by atoms with Crippen LogP contribution in [0.3, 0.4) is 0 Å². The van der Waals surface area contributed by atoms with E-state index in [0.717, 1.165) is 33.6 Å². The molecule has 0 saturated heterocycles. The third-order valence-corrected chi connectivity index (χ3v) is 4.14. The predicted molar refractivity (Wildman–Crippen MR) is 91.7 cm³/mol. The van der Waals surface area contributed by atoms with E-state index in [9.17, 15) is 0 Å². The van der Waals surface area contributed by atoms with E-state index in [4.69, 9.17) is 4.42 Å². The van der Waals surface area contributed by atoms with E-state index in [1.807, 2.05) is 53.1 Å². The fraction of sp³-hybridized carbons (Fsp3) is 0.278. The SMILES string of the molecule is Cc1c(-c2cn(Cc3cnn(C(C)C)c3)nn2)oc2ccccc12. The summed E-state index contributed by atoms with van der Waals surface area (Å²) in [5.74, 6) is 0.778. The van der Waals surface area contributed by atoms with Crippen molar-refractivity contribution in [1.29, 1.82) is 0 Å². The average Bonchev–Trinajstić information content (AvgIpc) is 3.28. The Kier molecular flexibility index (Phi) is 3.45. The molecular formula is C18H19N5O. The Morgan fingerprint density at radius 1 is 1.17 bits per heavy atom. The van der Waals surface area contributed by atoms with E-state index in [-0.39, 0.29) is 0 Å². The first-order valence-electron chi connectivity index (χ1n) is 8.03. The molecule has 3 heterocycles. The largest absolute Gasteiger partial charge is 0.454 e. The van der Waals surface area contributed by atoms with Gasteiger partial charge < -0.3 is 4.42 Å². The number of fused-ring (bicyclic) bond motifs is 1. The Labute approximate surface area is 139 Å². The van der Waals surface area contributed by atoms with Gasteiger partial charge in [-0.2, -0.15) is 5.10 Å². The van der Waals surface area contributed by atoms with Crippen molar-refractivity contribution in [3.8, 4) is 11.5 Å². The van der Waals surface area contributed by atoms with Crippen LogP contribution in [0.1, 0.15) is 31.0 Å². The molecule has 6 nitrogen and oxygen atoms in total. The zero-order chi connectivity index (χ0) is 16.7. The van der Waals surface area contributed by atoms with E-state index in [1.54, 1.807) is 0 Å². The monoisotopic (exact) mass is 321 g/mol. The van der Waals surface area contributed by atoms with Crippen molar-refractivity contribution in [2.45, 2.75) is 33.4 Å². The standard InChI is InChI=1S/C18H19N5O/c1-12(2)23-10-14(8-19-23)9-22-11-16(20-21-22)18-13(3)15-6-4-5-7-17(15)24-18/h4-8,10-12H,9H2,1-3H3. The molecule has 0 unspecified atom stereocenters. The van der Waals surface area contributed by atoms with Gasteiger partial charge in [0.15, 0.2) is 5.76 Å². The number of rotatable bonds is 4. The van der Waals surface area contributed by atoms with Gasteiger partial charge in [-0.25, -0.2) is 4.68 Å². The van der Waals surface area contributed by atoms with Gasteiger partial charge in [-0.3, -0.25) is 4.68 Å². The van der Waals surface area contributed by atoms with Crippen molar-refractivity contribution in [3.63, 3.8) is 0 Å². The fourth-order valence-corrected chi connectivity index (χ4v) is 2.83. The predicted octanol–water partition coefficient (Wildman–Crippen LogP) is 3.83. The topological polar surface area (TPSA) is 61.7 Å². The first-order valence-corrected chi connectivity index (χ1v) is 8.03. The molecular weight excluding hydrogens is 302 g/mol. The third-order valence-electron chi connectivity index (χ3n) is 4.14. The molecule has 3 aromatic heterocycles. The minimum absolute atomic E-state index is 0.350. The fourth-order valence-electron chi connectivity index (χ4n) is 2.83. The summed E-state index contributed by atoms with van der Waals surface area (Å²) in [6.45, 7) is 6.90. The van der Waals surface area contributed by atoms with Crippen molar-refractivity contribution in [2.75, 3.05) is 0 Å². The Bertz CT molecular complexity index is 992. The van der Waals surface area contributed by atoms with Gasteiger partial charge in [0.1, 0.15) is 11.3 Å². The quantitative estimate of drug-likeness (QED) is 0.573. The first-order chi connectivity index (χ1) is 11.6. The van der Waals surface area contributed by atoms with Crippen LogP contribution in [0.5, 0.6) is 0 Å². The van der Waals surface area contributed by atoms with Crippen LogP contribution in [0.2, 0.25) is 0 Å². The lowest BCUT2D eigenvalue weighted by Crippen LogP contribution is -2.01. The first kappa shape index (κ1) is 14.7. The summed E-state index contributed by atoms with van der Waals surface area (Å²) in [5.41, 5.74) is 3.81. The normalized spacial score (nSPS) is 11.7. The molecule has 6 heteroatoms. The smallest absolute Gasteiger partial charge is 0.160 e. The Morgan fingerprint density at radius 3 is 2.75 bits per heavy atom. The lowest BCUT2D eigenvalue weighted by atomic mass is 10.1. The van der Waals surface area contributed by atoms with Crippen molar-refractivity contribution >= 4 is 11.0 Å². The highest BCUT2D eigenvalue weighted by Crippen LogP contribution is 2.31. The van der Waals surface area contributed by atoms with Crippen LogP contribution in [-0.4, -0.2) is 24.8 Å². The molecule has 0 spiro atoms. The molecule has 0 saturated carbocycles. The second-order valence-corrected chi connectivity index (χ2v) is 6.28. The summed E-state index contributed by atoms with van der Waals surface area (Å²) in [7, 11) is 0. The molecule has 0 N–H and O–H groups in total. The summed E-state index contributed by atoms with van der Waals surface area (Å²) in [4.78, 5) is 0. The van der Waals surface area contributed by atoms with Gasteiger partial charge in [0.2, 0.25) is 0 Å². The van der Waals surface area contributed by atoms with Gasteiger partial charge in [-0.15, -0.1) is 5.10 Å². The van der Waals surface area contributed by atoms with Gasteiger partial charge in [-0.05, 0) is 26.8 Å². The lowest BCUT2D eigenvalue weighted by Gasteiger charge is -2.03. The maximum atomic E-state index is 5.95. The molecule has 0 fully saturated rings. The number of para-hydroxylation sites is 1. The van der Waals surface area contributed by atoms with Crippen molar-refractivity contribution in [1.82, 2.24) is 24.8 Å². The van der Waals surface area contributed by atoms with Crippen LogP contribution in [0.25, 0.3) is 22.4 Å². The number of hydrogen-bond acceptors (Lipinski definition) is 4. The molecule has 24 heavy (non-hydrogen) atoms. The second kappa shape index (κ2) is 5.63. The number of furan rings is 1. The molecule has 0 aliphatic heterocycles. The maximum absolute atomic E-state index is 5.95. The Balaban J connectivity index is 1.62. The minimum Gasteiger partial charge on any atom is -0.454 e. The Hall–Kier alpha value is -2.89. The molecule has 4 rings (SSSR count). The van der Waals surface area contributed by atoms with Crippen LogP contribution in [0, 0.1) is 6.92 Å². The molecule has 0 bridgehead atoms. The van der Waals surface area contributed by atoms with E-state index in [1.165, 1.54) is 0 Å². The number of aromatic nitrogens is 5. The van der Waals surface area contributed by atoms with Crippen LogP contribution in [0.15, 0.2) is 47.3 Å². The van der Waals surface area contributed by atoms with Crippen LogP contribution in [-0.2, 0) is 6.54 Å². The van der Waals surface area contributed by atoms with Gasteiger partial charge in [-0.1, -0.05) is 23.4 Å².